The van der Waals surface area contributed by atoms with E-state index >= 15 is 0 Å². The van der Waals surface area contributed by atoms with Crippen LogP contribution in [0.1, 0.15) is 329 Å². The smallest absolute Gasteiger partial charge is 0.306 e. The Balaban J connectivity index is 4.22. The maximum Gasteiger partial charge on any atom is 0.306 e. The van der Waals surface area contributed by atoms with Crippen molar-refractivity contribution in [1.82, 2.24) is 0 Å². The van der Waals surface area contributed by atoms with Crippen molar-refractivity contribution in [1.29, 1.82) is 0 Å². The highest BCUT2D eigenvalue weighted by atomic mass is 16.6. The summed E-state index contributed by atoms with van der Waals surface area (Å²) in [5.41, 5.74) is 0. The maximum absolute atomic E-state index is 12.9. The molecule has 68 heavy (non-hydrogen) atoms. The van der Waals surface area contributed by atoms with Gasteiger partial charge in [-0.15, -0.1) is 0 Å². The van der Waals surface area contributed by atoms with E-state index in [1.165, 1.54) is 231 Å². The fraction of sp³-hybridized carbons (Fsp3) is 0.873. The number of esters is 2. The van der Waals surface area contributed by atoms with Crippen LogP contribution >= 0.6 is 0 Å². The molecule has 400 valence electrons. The minimum Gasteiger partial charge on any atom is -0.462 e. The summed E-state index contributed by atoms with van der Waals surface area (Å²) in [4.78, 5) is 25.6. The van der Waals surface area contributed by atoms with Crippen LogP contribution in [-0.2, 0) is 23.8 Å². The van der Waals surface area contributed by atoms with Gasteiger partial charge in [0.25, 0.3) is 0 Å². The van der Waals surface area contributed by atoms with E-state index in [2.05, 4.69) is 57.2 Å². The molecule has 0 bridgehead atoms. The largest absolute Gasteiger partial charge is 0.462 e. The molecule has 0 aromatic heterocycles. The van der Waals surface area contributed by atoms with Crippen molar-refractivity contribution in [2.24, 2.45) is 0 Å². The third kappa shape index (κ3) is 56.7. The van der Waals surface area contributed by atoms with Crippen molar-refractivity contribution in [3.63, 3.8) is 0 Å². The quantitative estimate of drug-likeness (QED) is 0.0345. The van der Waals surface area contributed by atoms with Gasteiger partial charge in [0.15, 0.2) is 6.10 Å². The molecule has 0 spiro atoms. The van der Waals surface area contributed by atoms with Crippen LogP contribution < -0.4 is 0 Å². The minimum absolute atomic E-state index is 0.0885. The van der Waals surface area contributed by atoms with Crippen LogP contribution in [0.25, 0.3) is 0 Å². The van der Waals surface area contributed by atoms with Crippen LogP contribution in [0.15, 0.2) is 36.5 Å². The zero-order valence-corrected chi connectivity index (χ0v) is 46.1. The molecule has 0 heterocycles. The topological polar surface area (TPSA) is 61.8 Å². The lowest BCUT2D eigenvalue weighted by molar-refractivity contribution is -0.163. The summed E-state index contributed by atoms with van der Waals surface area (Å²) in [6, 6.07) is 0. The van der Waals surface area contributed by atoms with Gasteiger partial charge in [0.05, 0.1) is 6.61 Å². The van der Waals surface area contributed by atoms with Gasteiger partial charge in [-0.25, -0.2) is 0 Å². The lowest BCUT2D eigenvalue weighted by Gasteiger charge is -2.18. The number of ether oxygens (including phenoxy) is 3. The molecule has 1 unspecified atom stereocenters. The van der Waals surface area contributed by atoms with Crippen molar-refractivity contribution in [2.75, 3.05) is 19.8 Å². The zero-order chi connectivity index (χ0) is 49.2. The lowest BCUT2D eigenvalue weighted by Crippen LogP contribution is -2.30. The standard InChI is InChI=1S/C63H118O5/c1-4-7-10-13-16-19-22-25-28-31-32-34-35-38-41-44-47-50-53-56-62(64)67-60-61(59-66-58-55-52-49-46-43-40-37-30-27-24-21-18-15-12-9-6-3)68-63(65)57-54-51-48-45-42-39-36-33-29-26-23-20-17-14-11-8-5-2/h8,11,17,20,26,29,61H,4-7,9-10,12-16,18-19,21-25,27-28,30-60H2,1-3H3/b11-8-,20-17-,29-26-. The first-order valence-corrected chi connectivity index (χ1v) is 30.5. The predicted molar refractivity (Wildman–Crippen MR) is 298 cm³/mol. The summed E-state index contributed by atoms with van der Waals surface area (Å²) in [5, 5.41) is 0. The second-order valence-corrected chi connectivity index (χ2v) is 20.6. The van der Waals surface area contributed by atoms with Crippen LogP contribution in [0.2, 0.25) is 0 Å². The number of rotatable bonds is 57. The molecule has 0 saturated carbocycles. The second-order valence-electron chi connectivity index (χ2n) is 20.6. The Bertz CT molecular complexity index is 1080. The Labute approximate surface area is 425 Å². The van der Waals surface area contributed by atoms with E-state index in [0.717, 1.165) is 64.2 Å². The number of hydrogen-bond acceptors (Lipinski definition) is 5. The first-order valence-electron chi connectivity index (χ1n) is 30.5. The van der Waals surface area contributed by atoms with Gasteiger partial charge in [-0.1, -0.05) is 301 Å². The summed E-state index contributed by atoms with van der Waals surface area (Å²) in [6.45, 7) is 7.79. The summed E-state index contributed by atoms with van der Waals surface area (Å²) in [7, 11) is 0. The molecular weight excluding hydrogens is 837 g/mol. The van der Waals surface area contributed by atoms with Crippen LogP contribution in [0, 0.1) is 0 Å². The summed E-state index contributed by atoms with van der Waals surface area (Å²) >= 11 is 0. The number of carbonyl (C=O) groups is 2. The molecule has 1 atom stereocenters. The minimum atomic E-state index is -0.536. The van der Waals surface area contributed by atoms with Gasteiger partial charge in [0.1, 0.15) is 6.61 Å². The number of allylic oxidation sites excluding steroid dienone is 6. The van der Waals surface area contributed by atoms with Gasteiger partial charge in [-0.05, 0) is 51.4 Å². The molecule has 0 radical (unpaired) electrons. The zero-order valence-electron chi connectivity index (χ0n) is 46.1. The van der Waals surface area contributed by atoms with E-state index in [-0.39, 0.29) is 18.5 Å². The summed E-state index contributed by atoms with van der Waals surface area (Å²) in [6.07, 6.45) is 73.2. The Hall–Kier alpha value is -1.88. The van der Waals surface area contributed by atoms with Crippen molar-refractivity contribution in [3.05, 3.63) is 36.5 Å². The van der Waals surface area contributed by atoms with E-state index < -0.39 is 6.10 Å². The Kier molecular flexibility index (Phi) is 57.8. The first kappa shape index (κ1) is 66.1. The van der Waals surface area contributed by atoms with Gasteiger partial charge < -0.3 is 14.2 Å². The van der Waals surface area contributed by atoms with Crippen LogP contribution in [0.5, 0.6) is 0 Å². The van der Waals surface area contributed by atoms with Gasteiger partial charge in [0, 0.05) is 19.4 Å². The molecule has 0 saturated heterocycles. The summed E-state index contributed by atoms with van der Waals surface area (Å²) in [5.74, 6) is -0.384. The highest BCUT2D eigenvalue weighted by Gasteiger charge is 2.18. The average molecular weight is 956 g/mol. The van der Waals surface area contributed by atoms with Gasteiger partial charge in [-0.2, -0.15) is 0 Å². The molecule has 0 aromatic carbocycles. The number of carbonyl (C=O) groups excluding carboxylic acids is 2. The molecular formula is C63H118O5. The van der Waals surface area contributed by atoms with Gasteiger partial charge in [0.2, 0.25) is 0 Å². The lowest BCUT2D eigenvalue weighted by atomic mass is 10.0. The third-order valence-corrected chi connectivity index (χ3v) is 13.7. The highest BCUT2D eigenvalue weighted by molar-refractivity contribution is 5.70. The molecule has 0 rings (SSSR count). The molecule has 0 aliphatic carbocycles. The molecule has 5 heteroatoms. The van der Waals surface area contributed by atoms with E-state index in [1.54, 1.807) is 0 Å². The van der Waals surface area contributed by atoms with Crippen LogP contribution in [0.4, 0.5) is 0 Å². The predicted octanol–water partition coefficient (Wildman–Crippen LogP) is 20.9. The van der Waals surface area contributed by atoms with Crippen LogP contribution in [-0.4, -0.2) is 37.9 Å². The fourth-order valence-corrected chi connectivity index (χ4v) is 9.18. The van der Waals surface area contributed by atoms with E-state index in [4.69, 9.17) is 14.2 Å². The Morgan fingerprint density at radius 2 is 0.662 bits per heavy atom. The molecule has 0 amide bonds. The van der Waals surface area contributed by atoms with Crippen molar-refractivity contribution in [3.8, 4) is 0 Å². The molecule has 0 fully saturated rings. The fourth-order valence-electron chi connectivity index (χ4n) is 9.18. The SMILES string of the molecule is CC/C=C\C/C=C\C/C=C\CCCCCCCCCC(=O)OC(COCCCCCCCCCCCCCCCCCC)COC(=O)CCCCCCCCCCCCCCCCCCCCC. The van der Waals surface area contributed by atoms with E-state index in [9.17, 15) is 9.59 Å². The molecule has 0 aliphatic rings. The Morgan fingerprint density at radius 3 is 1.06 bits per heavy atom. The normalized spacial score (nSPS) is 12.3. The first-order chi connectivity index (χ1) is 33.6. The second kappa shape index (κ2) is 59.4. The van der Waals surface area contributed by atoms with Crippen molar-refractivity contribution < 1.29 is 23.8 Å². The number of hydrogen-bond donors (Lipinski definition) is 0. The number of unbranched alkanes of at least 4 members (excludes halogenated alkanes) is 40. The molecule has 0 aliphatic heterocycles. The van der Waals surface area contributed by atoms with E-state index in [1.807, 2.05) is 0 Å². The van der Waals surface area contributed by atoms with Gasteiger partial charge in [-0.3, -0.25) is 9.59 Å². The third-order valence-electron chi connectivity index (χ3n) is 13.7. The van der Waals surface area contributed by atoms with Crippen molar-refractivity contribution >= 4 is 11.9 Å². The Morgan fingerprint density at radius 1 is 0.338 bits per heavy atom. The van der Waals surface area contributed by atoms with Gasteiger partial charge >= 0.3 is 11.9 Å². The monoisotopic (exact) mass is 955 g/mol. The molecule has 0 N–H and O–H groups in total. The van der Waals surface area contributed by atoms with Crippen molar-refractivity contribution in [2.45, 2.75) is 335 Å². The van der Waals surface area contributed by atoms with Crippen LogP contribution in [0.3, 0.4) is 0 Å². The maximum atomic E-state index is 12.9. The summed E-state index contributed by atoms with van der Waals surface area (Å²) < 4.78 is 17.5. The molecule has 5 nitrogen and oxygen atoms in total. The molecule has 0 aromatic rings. The highest BCUT2D eigenvalue weighted by Crippen LogP contribution is 2.17. The van der Waals surface area contributed by atoms with E-state index in [0.29, 0.717) is 26.1 Å². The average Bonchev–Trinajstić information content (AvgIpc) is 3.34.